The molecule has 2 aliphatic rings. The van der Waals surface area contributed by atoms with Gasteiger partial charge in [-0.25, -0.2) is 4.79 Å². The number of urea groups is 1. The van der Waals surface area contributed by atoms with Gasteiger partial charge >= 0.3 is 6.03 Å². The Balaban J connectivity index is 1.30. The van der Waals surface area contributed by atoms with Crippen LogP contribution in [0.3, 0.4) is 0 Å². The number of hydrogen-bond donors (Lipinski definition) is 1. The minimum absolute atomic E-state index is 0.0460. The molecule has 2 aromatic rings. The van der Waals surface area contributed by atoms with Crippen molar-refractivity contribution in [2.24, 2.45) is 0 Å². The molecule has 2 aliphatic heterocycles. The Morgan fingerprint density at radius 3 is 2.78 bits per heavy atom. The summed E-state index contributed by atoms with van der Waals surface area (Å²) >= 11 is 3.46. The van der Waals surface area contributed by atoms with Gasteiger partial charge < -0.3 is 4.90 Å². The molecule has 4 nitrogen and oxygen atoms in total. The molecular formula is C17H21N3OS2. The van der Waals surface area contributed by atoms with Crippen LogP contribution >= 0.6 is 22.7 Å². The molecular weight excluding hydrogens is 326 g/mol. The molecule has 0 aromatic carbocycles. The minimum atomic E-state index is 0.0460. The number of rotatable bonds is 2. The standard InChI is InChI=1S/C17H21N3OS2/c21-17(18-16-2-1-10-23-16)19-7-3-14(4-8-19)20-9-5-15-13(12-20)6-11-22-15/h1-2,6,10-11,14H,3-5,7-9,12H2,(H,18,21). The molecule has 122 valence electrons. The van der Waals surface area contributed by atoms with E-state index in [0.29, 0.717) is 6.04 Å². The van der Waals surface area contributed by atoms with E-state index >= 15 is 0 Å². The number of thiophene rings is 2. The summed E-state index contributed by atoms with van der Waals surface area (Å²) in [7, 11) is 0. The number of fused-ring (bicyclic) bond motifs is 1. The number of nitrogens with one attached hydrogen (secondary N) is 1. The van der Waals surface area contributed by atoms with Crippen molar-refractivity contribution < 1.29 is 4.79 Å². The lowest BCUT2D eigenvalue weighted by molar-refractivity contribution is 0.111. The van der Waals surface area contributed by atoms with Gasteiger partial charge in [-0.05, 0) is 53.8 Å². The Labute approximate surface area is 144 Å². The lowest BCUT2D eigenvalue weighted by atomic mass is 10.00. The fraction of sp³-hybridized carbons (Fsp3) is 0.471. The van der Waals surface area contributed by atoms with Gasteiger partial charge in [-0.15, -0.1) is 22.7 Å². The molecule has 1 N–H and O–H groups in total. The third-order valence-electron chi connectivity index (χ3n) is 4.86. The molecule has 23 heavy (non-hydrogen) atoms. The number of piperidine rings is 1. The quantitative estimate of drug-likeness (QED) is 0.895. The molecule has 1 fully saturated rings. The first-order chi connectivity index (χ1) is 11.3. The molecule has 4 heterocycles. The van der Waals surface area contributed by atoms with E-state index in [1.165, 1.54) is 18.5 Å². The maximum absolute atomic E-state index is 12.3. The summed E-state index contributed by atoms with van der Waals surface area (Å²) in [6.07, 6.45) is 3.35. The smallest absolute Gasteiger partial charge is 0.322 e. The van der Waals surface area contributed by atoms with Crippen molar-refractivity contribution in [3.05, 3.63) is 39.4 Å². The second-order valence-electron chi connectivity index (χ2n) is 6.22. The zero-order chi connectivity index (χ0) is 15.6. The molecule has 2 aromatic heterocycles. The minimum Gasteiger partial charge on any atom is -0.324 e. The van der Waals surface area contributed by atoms with E-state index in [2.05, 4.69) is 21.7 Å². The highest BCUT2D eigenvalue weighted by molar-refractivity contribution is 7.14. The summed E-state index contributed by atoms with van der Waals surface area (Å²) < 4.78 is 0. The van der Waals surface area contributed by atoms with E-state index in [1.54, 1.807) is 16.2 Å². The van der Waals surface area contributed by atoms with Gasteiger partial charge in [0.25, 0.3) is 0 Å². The van der Waals surface area contributed by atoms with Crippen molar-refractivity contribution in [3.8, 4) is 0 Å². The van der Waals surface area contributed by atoms with Crippen LogP contribution in [0.5, 0.6) is 0 Å². The number of hydrogen-bond acceptors (Lipinski definition) is 4. The highest BCUT2D eigenvalue weighted by atomic mass is 32.1. The van der Waals surface area contributed by atoms with Crippen LogP contribution in [-0.2, 0) is 13.0 Å². The predicted molar refractivity (Wildman–Crippen MR) is 96.4 cm³/mol. The Morgan fingerprint density at radius 2 is 2.00 bits per heavy atom. The number of anilines is 1. The molecule has 0 radical (unpaired) electrons. The van der Waals surface area contributed by atoms with Gasteiger partial charge in [-0.3, -0.25) is 10.2 Å². The fourth-order valence-electron chi connectivity index (χ4n) is 3.55. The lowest BCUT2D eigenvalue weighted by Gasteiger charge is -2.40. The number of likely N-dealkylation sites (tertiary alicyclic amines) is 1. The Morgan fingerprint density at radius 1 is 1.13 bits per heavy atom. The first-order valence-corrected chi connectivity index (χ1v) is 9.94. The van der Waals surface area contributed by atoms with Crippen molar-refractivity contribution in [1.29, 1.82) is 0 Å². The molecule has 0 saturated carbocycles. The first-order valence-electron chi connectivity index (χ1n) is 8.18. The third kappa shape index (κ3) is 3.29. The number of carbonyl (C=O) groups is 1. The van der Waals surface area contributed by atoms with Crippen molar-refractivity contribution in [2.45, 2.75) is 31.8 Å². The zero-order valence-electron chi connectivity index (χ0n) is 13.0. The number of nitrogens with zero attached hydrogens (tertiary/aromatic N) is 2. The molecule has 0 spiro atoms. The zero-order valence-corrected chi connectivity index (χ0v) is 14.7. The van der Waals surface area contributed by atoms with Gasteiger partial charge in [-0.1, -0.05) is 0 Å². The molecule has 1 saturated heterocycles. The molecule has 6 heteroatoms. The van der Waals surface area contributed by atoms with E-state index in [-0.39, 0.29) is 6.03 Å². The molecule has 2 amide bonds. The van der Waals surface area contributed by atoms with Crippen LogP contribution in [0.2, 0.25) is 0 Å². The highest BCUT2D eigenvalue weighted by Crippen LogP contribution is 2.28. The van der Waals surface area contributed by atoms with Crippen molar-refractivity contribution >= 4 is 33.7 Å². The molecule has 0 aliphatic carbocycles. The summed E-state index contributed by atoms with van der Waals surface area (Å²) in [5, 5.41) is 8.11. The van der Waals surface area contributed by atoms with Crippen LogP contribution in [0.25, 0.3) is 0 Å². The third-order valence-corrected chi connectivity index (χ3v) is 6.66. The average molecular weight is 348 g/mol. The van der Waals surface area contributed by atoms with Crippen molar-refractivity contribution in [3.63, 3.8) is 0 Å². The highest BCUT2D eigenvalue weighted by Gasteiger charge is 2.29. The van der Waals surface area contributed by atoms with Crippen LogP contribution in [0.1, 0.15) is 23.3 Å². The predicted octanol–water partition coefficient (Wildman–Crippen LogP) is 3.86. The van der Waals surface area contributed by atoms with Crippen LogP contribution in [-0.4, -0.2) is 41.5 Å². The van der Waals surface area contributed by atoms with Crippen LogP contribution < -0.4 is 5.32 Å². The normalized spacial score (nSPS) is 19.6. The SMILES string of the molecule is O=C(Nc1cccs1)N1CCC(N2CCc3sccc3C2)CC1. The van der Waals surface area contributed by atoms with Crippen molar-refractivity contribution in [2.75, 3.05) is 25.0 Å². The monoisotopic (exact) mass is 347 g/mol. The van der Waals surface area contributed by atoms with Gasteiger partial charge in [0.2, 0.25) is 0 Å². The van der Waals surface area contributed by atoms with Crippen molar-refractivity contribution in [1.82, 2.24) is 9.80 Å². The van der Waals surface area contributed by atoms with Gasteiger partial charge in [0.05, 0.1) is 5.00 Å². The molecule has 0 unspecified atom stereocenters. The lowest BCUT2D eigenvalue weighted by Crippen LogP contribution is -2.48. The Hall–Kier alpha value is -1.37. The summed E-state index contributed by atoms with van der Waals surface area (Å²) in [5.41, 5.74) is 1.51. The van der Waals surface area contributed by atoms with E-state index in [0.717, 1.165) is 37.5 Å². The van der Waals surface area contributed by atoms with E-state index in [9.17, 15) is 4.79 Å². The van der Waals surface area contributed by atoms with Gasteiger partial charge in [0, 0.05) is 37.1 Å². The first kappa shape index (κ1) is 15.2. The summed E-state index contributed by atoms with van der Waals surface area (Å²) in [6, 6.07) is 6.84. The van der Waals surface area contributed by atoms with Crippen LogP contribution in [0.15, 0.2) is 29.0 Å². The van der Waals surface area contributed by atoms with Gasteiger partial charge in [0.15, 0.2) is 0 Å². The summed E-state index contributed by atoms with van der Waals surface area (Å²) in [4.78, 5) is 18.4. The summed E-state index contributed by atoms with van der Waals surface area (Å²) in [5.74, 6) is 0. The molecule has 0 bridgehead atoms. The fourth-order valence-corrected chi connectivity index (χ4v) is 5.05. The number of carbonyl (C=O) groups excluding carboxylic acids is 1. The van der Waals surface area contributed by atoms with Crippen LogP contribution in [0.4, 0.5) is 9.80 Å². The van der Waals surface area contributed by atoms with Crippen LogP contribution in [0, 0.1) is 0 Å². The Kier molecular flexibility index (Phi) is 4.37. The Bertz CT molecular complexity index is 659. The topological polar surface area (TPSA) is 35.6 Å². The van der Waals surface area contributed by atoms with E-state index in [4.69, 9.17) is 0 Å². The van der Waals surface area contributed by atoms with E-state index < -0.39 is 0 Å². The molecule has 0 atom stereocenters. The molecule has 4 rings (SSSR count). The van der Waals surface area contributed by atoms with Gasteiger partial charge in [0.1, 0.15) is 0 Å². The van der Waals surface area contributed by atoms with E-state index in [1.807, 2.05) is 33.7 Å². The summed E-state index contributed by atoms with van der Waals surface area (Å²) in [6.45, 7) is 3.97. The number of amides is 2. The van der Waals surface area contributed by atoms with Gasteiger partial charge in [-0.2, -0.15) is 0 Å². The largest absolute Gasteiger partial charge is 0.324 e. The average Bonchev–Trinajstić information content (AvgIpc) is 3.25. The second-order valence-corrected chi connectivity index (χ2v) is 8.16. The maximum Gasteiger partial charge on any atom is 0.322 e. The second kappa shape index (κ2) is 6.63. The maximum atomic E-state index is 12.3.